The van der Waals surface area contributed by atoms with E-state index in [1.807, 2.05) is 6.07 Å². The predicted octanol–water partition coefficient (Wildman–Crippen LogP) is 1.40. The summed E-state index contributed by atoms with van der Waals surface area (Å²) < 4.78 is 27.4. The van der Waals surface area contributed by atoms with Crippen molar-refractivity contribution in [2.45, 2.75) is 30.0 Å². The third-order valence-corrected chi connectivity index (χ3v) is 8.00. The van der Waals surface area contributed by atoms with Crippen LogP contribution in [0.2, 0.25) is 0 Å². The molecule has 126 valence electrons. The zero-order valence-electron chi connectivity index (χ0n) is 12.8. The zero-order valence-corrected chi connectivity index (χ0v) is 15.3. The molecule has 0 saturated carbocycles. The van der Waals surface area contributed by atoms with E-state index >= 15 is 0 Å². The number of hydrogen-bond acceptors (Lipinski definition) is 5. The summed E-state index contributed by atoms with van der Waals surface area (Å²) in [5, 5.41) is 3.37. The molecule has 1 unspecified atom stereocenters. The molecule has 3 rings (SSSR count). The van der Waals surface area contributed by atoms with Crippen molar-refractivity contribution in [1.29, 1.82) is 0 Å². The largest absolute Gasteiger partial charge is 0.315 e. The number of hydrogen-bond donors (Lipinski definition) is 1. The van der Waals surface area contributed by atoms with Gasteiger partial charge in [-0.1, -0.05) is 6.92 Å². The van der Waals surface area contributed by atoms with Crippen molar-refractivity contribution in [2.75, 3.05) is 39.3 Å². The van der Waals surface area contributed by atoms with Crippen molar-refractivity contribution in [3.63, 3.8) is 0 Å². The number of rotatable bonds is 4. The number of piperazine rings is 1. The van der Waals surface area contributed by atoms with Crippen LogP contribution in [0, 0.1) is 0 Å². The first kappa shape index (κ1) is 18.2. The Morgan fingerprint density at radius 2 is 2.00 bits per heavy atom. The Bertz CT molecular complexity index is 577. The molecule has 2 aliphatic rings. The molecule has 22 heavy (non-hydrogen) atoms. The van der Waals surface area contributed by atoms with Gasteiger partial charge >= 0.3 is 0 Å². The van der Waals surface area contributed by atoms with Gasteiger partial charge in [0, 0.05) is 43.6 Å². The molecular weight excluding hydrogens is 342 g/mol. The molecule has 8 heteroatoms. The van der Waals surface area contributed by atoms with Crippen LogP contribution in [-0.4, -0.2) is 62.9 Å². The van der Waals surface area contributed by atoms with Crippen molar-refractivity contribution in [2.24, 2.45) is 0 Å². The summed E-state index contributed by atoms with van der Waals surface area (Å²) in [6.07, 6.45) is 2.07. The van der Waals surface area contributed by atoms with E-state index in [0.717, 1.165) is 37.5 Å². The van der Waals surface area contributed by atoms with Crippen LogP contribution in [0.25, 0.3) is 0 Å². The van der Waals surface area contributed by atoms with Gasteiger partial charge in [-0.2, -0.15) is 4.31 Å². The Kier molecular flexibility index (Phi) is 6.27. The summed E-state index contributed by atoms with van der Waals surface area (Å²) in [4.78, 5) is 3.56. The Balaban J connectivity index is 0.00000176. The van der Waals surface area contributed by atoms with Gasteiger partial charge < -0.3 is 5.32 Å². The highest BCUT2D eigenvalue weighted by molar-refractivity contribution is 7.91. The SMILES string of the molecule is CCc1ccc(S(=O)(=O)N2CCN(C3CCNC3)CC2)s1.Cl. The predicted molar refractivity (Wildman–Crippen MR) is 92.6 cm³/mol. The first-order chi connectivity index (χ1) is 10.1. The fraction of sp³-hybridized carbons (Fsp3) is 0.714. The van der Waals surface area contributed by atoms with Crippen LogP contribution in [0.1, 0.15) is 18.2 Å². The fourth-order valence-electron chi connectivity index (χ4n) is 3.07. The Hall–Kier alpha value is -0.180. The lowest BCUT2D eigenvalue weighted by molar-refractivity contribution is 0.145. The molecule has 0 bridgehead atoms. The van der Waals surface area contributed by atoms with Crippen LogP contribution in [0.4, 0.5) is 0 Å². The molecule has 5 nitrogen and oxygen atoms in total. The molecule has 2 fully saturated rings. The first-order valence-electron chi connectivity index (χ1n) is 7.65. The molecule has 1 atom stereocenters. The minimum absolute atomic E-state index is 0. The second kappa shape index (κ2) is 7.59. The Labute approximate surface area is 143 Å². The maximum absolute atomic E-state index is 12.6. The van der Waals surface area contributed by atoms with E-state index in [1.165, 1.54) is 17.8 Å². The minimum Gasteiger partial charge on any atom is -0.315 e. The van der Waals surface area contributed by atoms with Crippen LogP contribution in [0.15, 0.2) is 16.3 Å². The third-order valence-electron chi connectivity index (χ3n) is 4.40. The Morgan fingerprint density at radius 1 is 1.27 bits per heavy atom. The van der Waals surface area contributed by atoms with Gasteiger partial charge in [-0.15, -0.1) is 23.7 Å². The summed E-state index contributed by atoms with van der Waals surface area (Å²) in [6.45, 7) is 7.08. The number of thiophene rings is 1. The van der Waals surface area contributed by atoms with Crippen molar-refractivity contribution >= 4 is 33.8 Å². The summed E-state index contributed by atoms with van der Waals surface area (Å²) in [5.74, 6) is 0. The van der Waals surface area contributed by atoms with E-state index in [1.54, 1.807) is 10.4 Å². The summed E-state index contributed by atoms with van der Waals surface area (Å²) in [5.41, 5.74) is 0. The molecule has 2 aliphatic heterocycles. The van der Waals surface area contributed by atoms with Gasteiger partial charge in [0.15, 0.2) is 0 Å². The van der Waals surface area contributed by atoms with E-state index in [2.05, 4.69) is 17.1 Å². The zero-order chi connectivity index (χ0) is 14.9. The number of aryl methyl sites for hydroxylation is 1. The molecule has 0 aliphatic carbocycles. The molecule has 3 heterocycles. The maximum Gasteiger partial charge on any atom is 0.252 e. The number of nitrogens with zero attached hydrogens (tertiary/aromatic N) is 2. The monoisotopic (exact) mass is 365 g/mol. The van der Waals surface area contributed by atoms with Crippen LogP contribution in [-0.2, 0) is 16.4 Å². The molecular formula is C14H24ClN3O2S2. The average molecular weight is 366 g/mol. The van der Waals surface area contributed by atoms with Gasteiger partial charge in [0.2, 0.25) is 0 Å². The van der Waals surface area contributed by atoms with Crippen LogP contribution in [0.5, 0.6) is 0 Å². The molecule has 0 spiro atoms. The van der Waals surface area contributed by atoms with E-state index in [0.29, 0.717) is 23.3 Å². The lowest BCUT2D eigenvalue weighted by Gasteiger charge is -2.36. The lowest BCUT2D eigenvalue weighted by atomic mass is 10.2. The Morgan fingerprint density at radius 3 is 2.55 bits per heavy atom. The summed E-state index contributed by atoms with van der Waals surface area (Å²) in [6, 6.07) is 4.27. The topological polar surface area (TPSA) is 52.7 Å². The highest BCUT2D eigenvalue weighted by atomic mass is 35.5. The molecule has 1 aromatic rings. The van der Waals surface area contributed by atoms with Gasteiger partial charge in [0.05, 0.1) is 0 Å². The van der Waals surface area contributed by atoms with Gasteiger partial charge in [-0.3, -0.25) is 4.90 Å². The standard InChI is InChI=1S/C14H23N3O2S2.ClH/c1-2-13-3-4-14(20-13)21(18,19)17-9-7-16(8-10-17)12-5-6-15-11-12;/h3-4,12,15H,2,5-11H2,1H3;1H. The second-order valence-electron chi connectivity index (χ2n) is 5.66. The van der Waals surface area contributed by atoms with E-state index in [-0.39, 0.29) is 12.4 Å². The number of sulfonamides is 1. The van der Waals surface area contributed by atoms with Crippen LogP contribution < -0.4 is 5.32 Å². The third kappa shape index (κ3) is 3.66. The highest BCUT2D eigenvalue weighted by Crippen LogP contribution is 2.26. The number of halogens is 1. The van der Waals surface area contributed by atoms with Crippen molar-refractivity contribution in [3.05, 3.63) is 17.0 Å². The van der Waals surface area contributed by atoms with Gasteiger partial charge in [0.25, 0.3) is 10.0 Å². The molecule has 0 aromatic carbocycles. The van der Waals surface area contributed by atoms with Crippen molar-refractivity contribution < 1.29 is 8.42 Å². The van der Waals surface area contributed by atoms with Crippen LogP contribution in [0.3, 0.4) is 0 Å². The fourth-order valence-corrected chi connectivity index (χ4v) is 5.95. The van der Waals surface area contributed by atoms with Crippen molar-refractivity contribution in [1.82, 2.24) is 14.5 Å². The van der Waals surface area contributed by atoms with E-state index < -0.39 is 10.0 Å². The number of nitrogens with one attached hydrogen (secondary N) is 1. The second-order valence-corrected chi connectivity index (χ2v) is 8.99. The minimum atomic E-state index is -3.29. The quantitative estimate of drug-likeness (QED) is 0.876. The van der Waals surface area contributed by atoms with Crippen LogP contribution >= 0.6 is 23.7 Å². The van der Waals surface area contributed by atoms with E-state index in [4.69, 9.17) is 0 Å². The molecule has 1 aromatic heterocycles. The highest BCUT2D eigenvalue weighted by Gasteiger charge is 2.32. The lowest BCUT2D eigenvalue weighted by Crippen LogP contribution is -2.52. The van der Waals surface area contributed by atoms with E-state index in [9.17, 15) is 8.42 Å². The first-order valence-corrected chi connectivity index (χ1v) is 9.90. The molecule has 0 amide bonds. The summed E-state index contributed by atoms with van der Waals surface area (Å²) in [7, 11) is -3.29. The smallest absolute Gasteiger partial charge is 0.252 e. The van der Waals surface area contributed by atoms with Gasteiger partial charge in [-0.05, 0) is 31.5 Å². The maximum atomic E-state index is 12.6. The molecule has 0 radical (unpaired) electrons. The summed E-state index contributed by atoms with van der Waals surface area (Å²) >= 11 is 1.41. The average Bonchev–Trinajstić information content (AvgIpc) is 3.19. The van der Waals surface area contributed by atoms with Crippen molar-refractivity contribution in [3.8, 4) is 0 Å². The molecule has 2 saturated heterocycles. The normalized spacial score (nSPS) is 24.3. The van der Waals surface area contributed by atoms with Gasteiger partial charge in [0.1, 0.15) is 4.21 Å². The molecule has 1 N–H and O–H groups in total. The van der Waals surface area contributed by atoms with Gasteiger partial charge in [-0.25, -0.2) is 8.42 Å².